The zero-order valence-electron chi connectivity index (χ0n) is 12.7. The molecule has 0 aromatic rings. The van der Waals surface area contributed by atoms with Gasteiger partial charge >= 0.3 is 0 Å². The standard InChI is InChI=1S/C15H28N2O2/c1-5-11(2)16-15(19)13(4)17-9-7-6-8-14(17)10-12(3)18/h11,13-14H,5-10H2,1-4H3,(H,16,19). The van der Waals surface area contributed by atoms with Crippen LogP contribution in [0.15, 0.2) is 0 Å². The average molecular weight is 268 g/mol. The Morgan fingerprint density at radius 2 is 2.00 bits per heavy atom. The maximum Gasteiger partial charge on any atom is 0.237 e. The minimum atomic E-state index is -0.140. The van der Waals surface area contributed by atoms with Crippen molar-refractivity contribution in [3.63, 3.8) is 0 Å². The van der Waals surface area contributed by atoms with Crippen molar-refractivity contribution in [2.75, 3.05) is 6.54 Å². The summed E-state index contributed by atoms with van der Waals surface area (Å²) >= 11 is 0. The van der Waals surface area contributed by atoms with Crippen LogP contribution in [0.2, 0.25) is 0 Å². The number of carbonyl (C=O) groups excluding carboxylic acids is 2. The normalized spacial score (nSPS) is 23.7. The van der Waals surface area contributed by atoms with Gasteiger partial charge in [0.05, 0.1) is 6.04 Å². The lowest BCUT2D eigenvalue weighted by Gasteiger charge is -2.39. The van der Waals surface area contributed by atoms with Crippen LogP contribution >= 0.6 is 0 Å². The van der Waals surface area contributed by atoms with Gasteiger partial charge in [0, 0.05) is 18.5 Å². The molecule has 3 unspecified atom stereocenters. The molecule has 1 fully saturated rings. The molecule has 110 valence electrons. The topological polar surface area (TPSA) is 49.4 Å². The summed E-state index contributed by atoms with van der Waals surface area (Å²) in [6.45, 7) is 8.60. The Morgan fingerprint density at radius 1 is 1.32 bits per heavy atom. The molecule has 1 amide bonds. The molecule has 1 heterocycles. The molecule has 0 saturated carbocycles. The zero-order valence-corrected chi connectivity index (χ0v) is 12.7. The number of nitrogens with one attached hydrogen (secondary N) is 1. The van der Waals surface area contributed by atoms with Gasteiger partial charge in [-0.05, 0) is 46.6 Å². The number of rotatable bonds is 6. The first kappa shape index (κ1) is 16.2. The summed E-state index contributed by atoms with van der Waals surface area (Å²) in [5.41, 5.74) is 0. The number of carbonyl (C=O) groups is 2. The predicted octanol–water partition coefficient (Wildman–Crippen LogP) is 2.12. The summed E-state index contributed by atoms with van der Waals surface area (Å²) in [7, 11) is 0. The number of piperidine rings is 1. The Bertz CT molecular complexity index is 317. The van der Waals surface area contributed by atoms with E-state index in [0.29, 0.717) is 6.42 Å². The smallest absolute Gasteiger partial charge is 0.237 e. The van der Waals surface area contributed by atoms with Gasteiger partial charge < -0.3 is 5.32 Å². The molecule has 1 N–H and O–H groups in total. The molecule has 3 atom stereocenters. The monoisotopic (exact) mass is 268 g/mol. The number of hydrogen-bond donors (Lipinski definition) is 1. The predicted molar refractivity (Wildman–Crippen MR) is 77.0 cm³/mol. The summed E-state index contributed by atoms with van der Waals surface area (Å²) in [4.78, 5) is 25.8. The van der Waals surface area contributed by atoms with Gasteiger partial charge in [0.15, 0.2) is 0 Å². The molecule has 19 heavy (non-hydrogen) atoms. The summed E-state index contributed by atoms with van der Waals surface area (Å²) in [6.07, 6.45) is 4.82. The van der Waals surface area contributed by atoms with E-state index in [2.05, 4.69) is 17.1 Å². The Kier molecular flexibility index (Phi) is 6.49. The van der Waals surface area contributed by atoms with Crippen LogP contribution in [-0.4, -0.2) is 41.3 Å². The van der Waals surface area contributed by atoms with E-state index in [1.165, 1.54) is 0 Å². The van der Waals surface area contributed by atoms with Gasteiger partial charge in [0.2, 0.25) is 5.91 Å². The molecule has 0 bridgehead atoms. The van der Waals surface area contributed by atoms with Gasteiger partial charge in [-0.1, -0.05) is 13.3 Å². The Hall–Kier alpha value is -0.900. The molecule has 4 heteroatoms. The lowest BCUT2D eigenvalue weighted by Crippen LogP contribution is -2.53. The molecule has 0 aliphatic carbocycles. The number of likely N-dealkylation sites (tertiary alicyclic amines) is 1. The van der Waals surface area contributed by atoms with E-state index in [1.54, 1.807) is 6.92 Å². The zero-order chi connectivity index (χ0) is 14.4. The van der Waals surface area contributed by atoms with Crippen LogP contribution in [0, 0.1) is 0 Å². The molecule has 1 rings (SSSR count). The van der Waals surface area contributed by atoms with Crippen molar-refractivity contribution in [1.82, 2.24) is 10.2 Å². The average Bonchev–Trinajstić information content (AvgIpc) is 2.37. The molecule has 0 radical (unpaired) electrons. The van der Waals surface area contributed by atoms with Crippen molar-refractivity contribution in [1.29, 1.82) is 0 Å². The number of Topliss-reactive ketones (excluding diaryl/α,β-unsaturated/α-hetero) is 1. The lowest BCUT2D eigenvalue weighted by molar-refractivity contribution is -0.129. The van der Waals surface area contributed by atoms with Crippen LogP contribution in [-0.2, 0) is 9.59 Å². The fraction of sp³-hybridized carbons (Fsp3) is 0.867. The first-order chi connectivity index (χ1) is 8.95. The van der Waals surface area contributed by atoms with Gasteiger partial charge in [-0.3, -0.25) is 14.5 Å². The van der Waals surface area contributed by atoms with Crippen molar-refractivity contribution in [3.05, 3.63) is 0 Å². The molecule has 4 nitrogen and oxygen atoms in total. The summed E-state index contributed by atoms with van der Waals surface area (Å²) in [6, 6.07) is 0.314. The maximum atomic E-state index is 12.2. The highest BCUT2D eigenvalue weighted by molar-refractivity contribution is 5.82. The highest BCUT2D eigenvalue weighted by Gasteiger charge is 2.31. The van der Waals surface area contributed by atoms with Gasteiger partial charge in [-0.15, -0.1) is 0 Å². The lowest BCUT2D eigenvalue weighted by atomic mass is 9.96. The number of nitrogens with zero attached hydrogens (tertiary/aromatic N) is 1. The van der Waals surface area contributed by atoms with Crippen LogP contribution in [0.25, 0.3) is 0 Å². The minimum absolute atomic E-state index is 0.0878. The number of hydrogen-bond acceptors (Lipinski definition) is 3. The van der Waals surface area contributed by atoms with Crippen LogP contribution in [0.1, 0.15) is 59.8 Å². The molecular weight excluding hydrogens is 240 g/mol. The molecule has 1 aliphatic heterocycles. The van der Waals surface area contributed by atoms with Crippen LogP contribution < -0.4 is 5.32 Å². The first-order valence-corrected chi connectivity index (χ1v) is 7.51. The van der Waals surface area contributed by atoms with Crippen molar-refractivity contribution in [2.45, 2.75) is 77.9 Å². The number of ketones is 1. The third-order valence-corrected chi connectivity index (χ3v) is 4.07. The van der Waals surface area contributed by atoms with Crippen LogP contribution in [0.5, 0.6) is 0 Å². The van der Waals surface area contributed by atoms with E-state index in [0.717, 1.165) is 32.2 Å². The second kappa shape index (κ2) is 7.63. The SMILES string of the molecule is CCC(C)NC(=O)C(C)N1CCCCC1CC(C)=O. The third-order valence-electron chi connectivity index (χ3n) is 4.07. The van der Waals surface area contributed by atoms with Gasteiger partial charge in [0.1, 0.15) is 5.78 Å². The van der Waals surface area contributed by atoms with E-state index in [1.807, 2.05) is 13.8 Å². The van der Waals surface area contributed by atoms with E-state index in [4.69, 9.17) is 0 Å². The fourth-order valence-electron chi connectivity index (χ4n) is 2.70. The van der Waals surface area contributed by atoms with Crippen LogP contribution in [0.4, 0.5) is 0 Å². The van der Waals surface area contributed by atoms with E-state index in [-0.39, 0.29) is 29.8 Å². The summed E-state index contributed by atoms with van der Waals surface area (Å²) in [5.74, 6) is 0.302. The van der Waals surface area contributed by atoms with Crippen molar-refractivity contribution < 1.29 is 9.59 Å². The summed E-state index contributed by atoms with van der Waals surface area (Å²) in [5, 5.41) is 3.03. The van der Waals surface area contributed by atoms with Gasteiger partial charge in [0.25, 0.3) is 0 Å². The molecule has 0 spiro atoms. The van der Waals surface area contributed by atoms with E-state index in [9.17, 15) is 9.59 Å². The largest absolute Gasteiger partial charge is 0.352 e. The van der Waals surface area contributed by atoms with E-state index < -0.39 is 0 Å². The van der Waals surface area contributed by atoms with Crippen molar-refractivity contribution >= 4 is 11.7 Å². The Balaban J connectivity index is 2.62. The quantitative estimate of drug-likeness (QED) is 0.803. The molecule has 1 saturated heterocycles. The Labute approximate surface area is 116 Å². The fourth-order valence-corrected chi connectivity index (χ4v) is 2.70. The minimum Gasteiger partial charge on any atom is -0.352 e. The maximum absolute atomic E-state index is 12.2. The molecule has 0 aromatic heterocycles. The first-order valence-electron chi connectivity index (χ1n) is 7.51. The molecular formula is C15H28N2O2. The Morgan fingerprint density at radius 3 is 2.58 bits per heavy atom. The van der Waals surface area contributed by atoms with Crippen molar-refractivity contribution in [2.24, 2.45) is 0 Å². The molecule has 1 aliphatic rings. The molecule has 0 aromatic carbocycles. The third kappa shape index (κ3) is 4.94. The van der Waals surface area contributed by atoms with Crippen molar-refractivity contribution in [3.8, 4) is 0 Å². The van der Waals surface area contributed by atoms with E-state index >= 15 is 0 Å². The van der Waals surface area contributed by atoms with Crippen LogP contribution in [0.3, 0.4) is 0 Å². The number of amides is 1. The second-order valence-electron chi connectivity index (χ2n) is 5.79. The highest BCUT2D eigenvalue weighted by atomic mass is 16.2. The van der Waals surface area contributed by atoms with Gasteiger partial charge in [-0.25, -0.2) is 0 Å². The van der Waals surface area contributed by atoms with Gasteiger partial charge in [-0.2, -0.15) is 0 Å². The second-order valence-corrected chi connectivity index (χ2v) is 5.79. The highest BCUT2D eigenvalue weighted by Crippen LogP contribution is 2.22. The summed E-state index contributed by atoms with van der Waals surface area (Å²) < 4.78 is 0.